The third-order valence-corrected chi connectivity index (χ3v) is 2.50. The Morgan fingerprint density at radius 3 is 2.81 bits per heavy atom. The lowest BCUT2D eigenvalue weighted by Crippen LogP contribution is -2.00. The number of carbonyl (C=O) groups is 1. The van der Waals surface area contributed by atoms with Crippen LogP contribution in [0.1, 0.15) is 28.4 Å². The van der Waals surface area contributed by atoms with Crippen LogP contribution in [0.4, 0.5) is 0 Å². The van der Waals surface area contributed by atoms with Gasteiger partial charge in [0, 0.05) is 18.3 Å². The van der Waals surface area contributed by atoms with Gasteiger partial charge in [0.1, 0.15) is 0 Å². The lowest BCUT2D eigenvalue weighted by Gasteiger charge is -1.99. The van der Waals surface area contributed by atoms with E-state index in [0.717, 1.165) is 17.7 Å². The van der Waals surface area contributed by atoms with Crippen LogP contribution >= 0.6 is 0 Å². The van der Waals surface area contributed by atoms with Crippen molar-refractivity contribution in [2.24, 2.45) is 0 Å². The maximum atomic E-state index is 12.1. The number of nitrogens with zero attached hydrogens (tertiary/aromatic N) is 2. The molecule has 3 heteroatoms. The molecule has 2 aromatic rings. The van der Waals surface area contributed by atoms with Crippen LogP contribution in [0.15, 0.2) is 36.7 Å². The van der Waals surface area contributed by atoms with Crippen LogP contribution in [-0.4, -0.2) is 15.6 Å². The van der Waals surface area contributed by atoms with Crippen LogP contribution in [0, 0.1) is 6.92 Å². The van der Waals surface area contributed by atoms with E-state index in [1.54, 1.807) is 17.1 Å². The molecule has 0 bridgehead atoms. The van der Waals surface area contributed by atoms with Crippen molar-refractivity contribution in [2.75, 3.05) is 0 Å². The quantitative estimate of drug-likeness (QED) is 0.735. The second kappa shape index (κ2) is 4.31. The number of aromatic nitrogens is 2. The summed E-state index contributed by atoms with van der Waals surface area (Å²) in [5.74, 6) is 0.0309. The highest BCUT2D eigenvalue weighted by Gasteiger charge is 2.10. The number of carbonyl (C=O) groups excluding carboxylic acids is 1. The normalized spacial score (nSPS) is 10.4. The minimum atomic E-state index is 0.0309. The molecule has 0 aliphatic heterocycles. The molecule has 0 atom stereocenters. The lowest BCUT2D eigenvalue weighted by molar-refractivity contribution is 0.103. The van der Waals surface area contributed by atoms with E-state index >= 15 is 0 Å². The molecule has 0 radical (unpaired) electrons. The highest BCUT2D eigenvalue weighted by Crippen LogP contribution is 2.10. The van der Waals surface area contributed by atoms with E-state index in [-0.39, 0.29) is 5.78 Å². The molecule has 16 heavy (non-hydrogen) atoms. The zero-order valence-corrected chi connectivity index (χ0v) is 9.47. The van der Waals surface area contributed by atoms with Crippen molar-refractivity contribution < 1.29 is 4.79 Å². The van der Waals surface area contributed by atoms with E-state index in [1.807, 2.05) is 38.1 Å². The molecule has 0 N–H and O–H groups in total. The first-order valence-corrected chi connectivity index (χ1v) is 5.34. The van der Waals surface area contributed by atoms with Gasteiger partial charge in [-0.25, -0.2) is 0 Å². The van der Waals surface area contributed by atoms with Gasteiger partial charge >= 0.3 is 0 Å². The Hall–Kier alpha value is -1.90. The van der Waals surface area contributed by atoms with Crippen molar-refractivity contribution in [1.29, 1.82) is 0 Å². The topological polar surface area (TPSA) is 34.9 Å². The van der Waals surface area contributed by atoms with Gasteiger partial charge in [0.15, 0.2) is 5.78 Å². The average Bonchev–Trinajstić information content (AvgIpc) is 2.76. The van der Waals surface area contributed by atoms with E-state index in [0.29, 0.717) is 5.56 Å². The summed E-state index contributed by atoms with van der Waals surface area (Å²) < 4.78 is 1.75. The highest BCUT2D eigenvalue weighted by atomic mass is 16.1. The van der Waals surface area contributed by atoms with E-state index < -0.39 is 0 Å². The fourth-order valence-electron chi connectivity index (χ4n) is 1.61. The Bertz CT molecular complexity index is 514. The van der Waals surface area contributed by atoms with Gasteiger partial charge in [0.2, 0.25) is 0 Å². The lowest BCUT2D eigenvalue weighted by atomic mass is 10.0. The van der Waals surface area contributed by atoms with Crippen molar-refractivity contribution in [3.8, 4) is 0 Å². The van der Waals surface area contributed by atoms with Crippen LogP contribution in [0.25, 0.3) is 0 Å². The molecular weight excluding hydrogens is 200 g/mol. The monoisotopic (exact) mass is 214 g/mol. The van der Waals surface area contributed by atoms with Gasteiger partial charge in [-0.1, -0.05) is 23.8 Å². The maximum absolute atomic E-state index is 12.1. The average molecular weight is 214 g/mol. The molecule has 82 valence electrons. The molecule has 1 aromatic heterocycles. The molecule has 3 nitrogen and oxygen atoms in total. The zero-order valence-electron chi connectivity index (χ0n) is 9.47. The summed E-state index contributed by atoms with van der Waals surface area (Å²) in [5.41, 5.74) is 2.46. The fourth-order valence-corrected chi connectivity index (χ4v) is 1.61. The predicted octanol–water partition coefficient (Wildman–Crippen LogP) is 2.44. The molecule has 2 rings (SSSR count). The number of ketones is 1. The van der Waals surface area contributed by atoms with Gasteiger partial charge in [-0.15, -0.1) is 0 Å². The van der Waals surface area contributed by atoms with Gasteiger partial charge in [0.25, 0.3) is 0 Å². The molecule has 0 saturated heterocycles. The summed E-state index contributed by atoms with van der Waals surface area (Å²) in [6, 6.07) is 7.60. The first-order chi connectivity index (χ1) is 7.70. The second-order valence-electron chi connectivity index (χ2n) is 3.78. The van der Waals surface area contributed by atoms with Crippen molar-refractivity contribution in [2.45, 2.75) is 20.4 Å². The predicted molar refractivity (Wildman–Crippen MR) is 62.5 cm³/mol. The first-order valence-electron chi connectivity index (χ1n) is 5.34. The van der Waals surface area contributed by atoms with Crippen LogP contribution < -0.4 is 0 Å². The van der Waals surface area contributed by atoms with Crippen LogP contribution in [0.2, 0.25) is 0 Å². The van der Waals surface area contributed by atoms with E-state index in [4.69, 9.17) is 0 Å². The van der Waals surface area contributed by atoms with E-state index in [9.17, 15) is 4.79 Å². The molecule has 0 spiro atoms. The van der Waals surface area contributed by atoms with E-state index in [2.05, 4.69) is 5.10 Å². The largest absolute Gasteiger partial charge is 0.288 e. The summed E-state index contributed by atoms with van der Waals surface area (Å²) in [7, 11) is 0. The van der Waals surface area contributed by atoms with Crippen molar-refractivity contribution >= 4 is 5.78 Å². The molecule has 0 aliphatic carbocycles. The molecule has 1 heterocycles. The summed E-state index contributed by atoms with van der Waals surface area (Å²) in [6.07, 6.45) is 3.40. The Labute approximate surface area is 94.7 Å². The highest BCUT2D eigenvalue weighted by molar-refractivity contribution is 6.08. The Balaban J connectivity index is 2.31. The van der Waals surface area contributed by atoms with Gasteiger partial charge in [-0.3, -0.25) is 9.48 Å². The van der Waals surface area contributed by atoms with Gasteiger partial charge in [-0.2, -0.15) is 5.10 Å². The number of aryl methyl sites for hydroxylation is 2. The SMILES string of the molecule is CCn1cc(C(=O)c2cccc(C)c2)cn1. The minimum Gasteiger partial charge on any atom is -0.288 e. The first kappa shape index (κ1) is 10.6. The Kier molecular flexibility index (Phi) is 2.86. The second-order valence-corrected chi connectivity index (χ2v) is 3.78. The molecule has 1 aromatic carbocycles. The number of rotatable bonds is 3. The van der Waals surface area contributed by atoms with Crippen LogP contribution in [0.3, 0.4) is 0 Å². The smallest absolute Gasteiger partial charge is 0.196 e. The van der Waals surface area contributed by atoms with Gasteiger partial charge in [-0.05, 0) is 19.9 Å². The zero-order chi connectivity index (χ0) is 11.5. The standard InChI is InChI=1S/C13H14N2O/c1-3-15-9-12(8-14-15)13(16)11-6-4-5-10(2)7-11/h4-9H,3H2,1-2H3. The van der Waals surface area contributed by atoms with E-state index in [1.165, 1.54) is 0 Å². The van der Waals surface area contributed by atoms with Gasteiger partial charge in [0.05, 0.1) is 11.8 Å². The van der Waals surface area contributed by atoms with Crippen molar-refractivity contribution in [3.63, 3.8) is 0 Å². The Morgan fingerprint density at radius 2 is 2.19 bits per heavy atom. The minimum absolute atomic E-state index is 0.0309. The molecule has 0 fully saturated rings. The van der Waals surface area contributed by atoms with Crippen LogP contribution in [0.5, 0.6) is 0 Å². The molecular formula is C13H14N2O. The van der Waals surface area contributed by atoms with Crippen molar-refractivity contribution in [1.82, 2.24) is 9.78 Å². The molecule has 0 amide bonds. The van der Waals surface area contributed by atoms with Gasteiger partial charge < -0.3 is 0 Å². The molecule has 0 saturated carbocycles. The third kappa shape index (κ3) is 2.03. The number of hydrogen-bond donors (Lipinski definition) is 0. The number of hydrogen-bond acceptors (Lipinski definition) is 2. The third-order valence-electron chi connectivity index (χ3n) is 2.50. The summed E-state index contributed by atoms with van der Waals surface area (Å²) >= 11 is 0. The molecule has 0 unspecified atom stereocenters. The van der Waals surface area contributed by atoms with Crippen LogP contribution in [-0.2, 0) is 6.54 Å². The maximum Gasteiger partial charge on any atom is 0.196 e. The summed E-state index contributed by atoms with van der Waals surface area (Å²) in [4.78, 5) is 12.1. The fraction of sp³-hybridized carbons (Fsp3) is 0.231. The summed E-state index contributed by atoms with van der Waals surface area (Å²) in [5, 5.41) is 4.10. The Morgan fingerprint density at radius 1 is 1.38 bits per heavy atom. The summed E-state index contributed by atoms with van der Waals surface area (Å²) in [6.45, 7) is 4.75. The molecule has 0 aliphatic rings. The number of benzene rings is 1. The van der Waals surface area contributed by atoms with Crippen molar-refractivity contribution in [3.05, 3.63) is 53.3 Å².